The first kappa shape index (κ1) is 18.2. The number of thioether (sulfide) groups is 1. The standard InChI is InChI=1S/C19H15FN2O2S2/c20-13-6-8-14(9-7-13)21-18(23)12-26-16-4-1-3-15(11-16)22-19(24)17-5-2-10-25-17/h1-11H,12H2,(H,21,23)(H,22,24). The van der Waals surface area contributed by atoms with Gasteiger partial charge in [0.1, 0.15) is 5.82 Å². The Labute approximate surface area is 158 Å². The van der Waals surface area contributed by atoms with E-state index in [4.69, 9.17) is 0 Å². The van der Waals surface area contributed by atoms with Crippen LogP contribution in [-0.4, -0.2) is 17.6 Å². The number of thiophene rings is 1. The minimum absolute atomic E-state index is 0.156. The predicted molar refractivity (Wildman–Crippen MR) is 104 cm³/mol. The van der Waals surface area contributed by atoms with Crippen LogP contribution in [0.2, 0.25) is 0 Å². The number of carbonyl (C=O) groups excluding carboxylic acids is 2. The highest BCUT2D eigenvalue weighted by Crippen LogP contribution is 2.23. The molecule has 0 saturated heterocycles. The maximum absolute atomic E-state index is 12.9. The molecule has 3 aromatic rings. The molecule has 0 aliphatic rings. The minimum atomic E-state index is -0.348. The lowest BCUT2D eigenvalue weighted by Crippen LogP contribution is -2.14. The van der Waals surface area contributed by atoms with Gasteiger partial charge in [-0.15, -0.1) is 23.1 Å². The van der Waals surface area contributed by atoms with E-state index in [-0.39, 0.29) is 23.4 Å². The van der Waals surface area contributed by atoms with Crippen LogP contribution in [0.1, 0.15) is 9.67 Å². The first-order chi connectivity index (χ1) is 12.6. The van der Waals surface area contributed by atoms with Gasteiger partial charge in [0.05, 0.1) is 10.6 Å². The molecule has 0 unspecified atom stereocenters. The molecule has 4 nitrogen and oxygen atoms in total. The Kier molecular flexibility index (Phi) is 6.04. The summed E-state index contributed by atoms with van der Waals surface area (Å²) in [6.07, 6.45) is 0. The number of hydrogen-bond acceptors (Lipinski definition) is 4. The van der Waals surface area contributed by atoms with Crippen LogP contribution in [0.15, 0.2) is 70.9 Å². The van der Waals surface area contributed by atoms with Gasteiger partial charge in [0, 0.05) is 16.3 Å². The molecule has 7 heteroatoms. The molecule has 2 amide bonds. The largest absolute Gasteiger partial charge is 0.325 e. The van der Waals surface area contributed by atoms with Crippen molar-refractivity contribution in [2.75, 3.05) is 16.4 Å². The Morgan fingerprint density at radius 1 is 0.962 bits per heavy atom. The number of rotatable bonds is 6. The van der Waals surface area contributed by atoms with E-state index in [1.807, 2.05) is 29.6 Å². The van der Waals surface area contributed by atoms with Gasteiger partial charge in [0.2, 0.25) is 5.91 Å². The van der Waals surface area contributed by atoms with E-state index in [0.717, 1.165) is 4.90 Å². The molecule has 1 heterocycles. The van der Waals surface area contributed by atoms with Crippen molar-refractivity contribution in [1.29, 1.82) is 0 Å². The van der Waals surface area contributed by atoms with Crippen molar-refractivity contribution in [3.05, 3.63) is 76.7 Å². The van der Waals surface area contributed by atoms with Crippen molar-refractivity contribution in [2.45, 2.75) is 4.90 Å². The fourth-order valence-electron chi connectivity index (χ4n) is 2.14. The van der Waals surface area contributed by atoms with Gasteiger partial charge in [-0.05, 0) is 53.9 Å². The summed E-state index contributed by atoms with van der Waals surface area (Å²) in [6, 6.07) is 16.5. The van der Waals surface area contributed by atoms with Crippen LogP contribution in [0.25, 0.3) is 0 Å². The summed E-state index contributed by atoms with van der Waals surface area (Å²) in [5.74, 6) is -0.482. The van der Waals surface area contributed by atoms with Crippen LogP contribution in [0.3, 0.4) is 0 Å². The lowest BCUT2D eigenvalue weighted by Gasteiger charge is -2.07. The molecule has 0 radical (unpaired) electrons. The number of anilines is 2. The molecule has 1 aromatic heterocycles. The van der Waals surface area contributed by atoms with E-state index in [2.05, 4.69) is 10.6 Å². The lowest BCUT2D eigenvalue weighted by atomic mass is 10.3. The van der Waals surface area contributed by atoms with Crippen LogP contribution in [0, 0.1) is 5.82 Å². The Bertz CT molecular complexity index is 896. The van der Waals surface area contributed by atoms with E-state index in [9.17, 15) is 14.0 Å². The molecular formula is C19H15FN2O2S2. The van der Waals surface area contributed by atoms with Gasteiger partial charge in [-0.1, -0.05) is 12.1 Å². The number of benzene rings is 2. The second-order valence-corrected chi connectivity index (χ2v) is 7.30. The predicted octanol–water partition coefficient (Wildman–Crippen LogP) is 4.87. The molecule has 26 heavy (non-hydrogen) atoms. The van der Waals surface area contributed by atoms with Gasteiger partial charge in [-0.3, -0.25) is 9.59 Å². The van der Waals surface area contributed by atoms with E-state index >= 15 is 0 Å². The molecule has 132 valence electrons. The Morgan fingerprint density at radius 3 is 2.50 bits per heavy atom. The van der Waals surface area contributed by atoms with Gasteiger partial charge in [-0.25, -0.2) is 4.39 Å². The Balaban J connectivity index is 1.54. The van der Waals surface area contributed by atoms with Crippen molar-refractivity contribution in [1.82, 2.24) is 0 Å². The first-order valence-electron chi connectivity index (χ1n) is 7.73. The second kappa shape index (κ2) is 8.64. The van der Waals surface area contributed by atoms with Gasteiger partial charge in [0.25, 0.3) is 5.91 Å². The van der Waals surface area contributed by atoms with E-state index in [0.29, 0.717) is 16.3 Å². The number of nitrogens with one attached hydrogen (secondary N) is 2. The molecule has 0 fully saturated rings. The lowest BCUT2D eigenvalue weighted by molar-refractivity contribution is -0.113. The van der Waals surface area contributed by atoms with Crippen molar-refractivity contribution in [2.24, 2.45) is 0 Å². The van der Waals surface area contributed by atoms with E-state index in [1.165, 1.54) is 47.4 Å². The third-order valence-electron chi connectivity index (χ3n) is 3.33. The summed E-state index contributed by atoms with van der Waals surface area (Å²) in [6.45, 7) is 0. The Hall–Kier alpha value is -2.64. The van der Waals surface area contributed by atoms with Gasteiger partial charge in [0.15, 0.2) is 0 Å². The fourth-order valence-corrected chi connectivity index (χ4v) is 3.52. The van der Waals surface area contributed by atoms with Gasteiger partial charge < -0.3 is 10.6 Å². The third kappa shape index (κ3) is 5.18. The number of halogens is 1. The molecule has 0 aliphatic carbocycles. The highest BCUT2D eigenvalue weighted by Gasteiger charge is 2.08. The fraction of sp³-hybridized carbons (Fsp3) is 0.0526. The number of hydrogen-bond donors (Lipinski definition) is 2. The zero-order valence-corrected chi connectivity index (χ0v) is 15.2. The Morgan fingerprint density at radius 2 is 1.77 bits per heavy atom. The van der Waals surface area contributed by atoms with Crippen LogP contribution >= 0.6 is 23.1 Å². The highest BCUT2D eigenvalue weighted by molar-refractivity contribution is 8.00. The van der Waals surface area contributed by atoms with Crippen LogP contribution in [0.5, 0.6) is 0 Å². The number of amides is 2. The average Bonchev–Trinajstić information content (AvgIpc) is 3.17. The van der Waals surface area contributed by atoms with Crippen molar-refractivity contribution in [3.63, 3.8) is 0 Å². The van der Waals surface area contributed by atoms with Crippen molar-refractivity contribution in [3.8, 4) is 0 Å². The van der Waals surface area contributed by atoms with Crippen LogP contribution in [-0.2, 0) is 4.79 Å². The monoisotopic (exact) mass is 386 g/mol. The topological polar surface area (TPSA) is 58.2 Å². The maximum atomic E-state index is 12.9. The van der Waals surface area contributed by atoms with Crippen LogP contribution < -0.4 is 10.6 Å². The normalized spacial score (nSPS) is 10.3. The summed E-state index contributed by atoms with van der Waals surface area (Å²) in [5, 5.41) is 7.40. The highest BCUT2D eigenvalue weighted by atomic mass is 32.2. The molecule has 3 rings (SSSR count). The summed E-state index contributed by atoms with van der Waals surface area (Å²) >= 11 is 2.73. The molecule has 0 atom stereocenters. The van der Waals surface area contributed by atoms with Crippen molar-refractivity contribution >= 4 is 46.3 Å². The molecule has 2 aromatic carbocycles. The molecular weight excluding hydrogens is 371 g/mol. The van der Waals surface area contributed by atoms with E-state index in [1.54, 1.807) is 12.1 Å². The summed E-state index contributed by atoms with van der Waals surface area (Å²) in [7, 11) is 0. The zero-order valence-electron chi connectivity index (χ0n) is 13.6. The summed E-state index contributed by atoms with van der Waals surface area (Å²) < 4.78 is 12.9. The third-order valence-corrected chi connectivity index (χ3v) is 5.20. The first-order valence-corrected chi connectivity index (χ1v) is 9.60. The van der Waals surface area contributed by atoms with Gasteiger partial charge in [-0.2, -0.15) is 0 Å². The maximum Gasteiger partial charge on any atom is 0.265 e. The zero-order chi connectivity index (χ0) is 18.4. The molecule has 0 bridgehead atoms. The number of carbonyl (C=O) groups is 2. The second-order valence-electron chi connectivity index (χ2n) is 5.30. The molecule has 0 aliphatic heterocycles. The quantitative estimate of drug-likeness (QED) is 0.594. The molecule has 2 N–H and O–H groups in total. The van der Waals surface area contributed by atoms with Gasteiger partial charge >= 0.3 is 0 Å². The molecule has 0 saturated carbocycles. The minimum Gasteiger partial charge on any atom is -0.325 e. The average molecular weight is 386 g/mol. The van der Waals surface area contributed by atoms with Crippen LogP contribution in [0.4, 0.5) is 15.8 Å². The summed E-state index contributed by atoms with van der Waals surface area (Å²) in [5.41, 5.74) is 1.22. The van der Waals surface area contributed by atoms with E-state index < -0.39 is 0 Å². The van der Waals surface area contributed by atoms with Crippen molar-refractivity contribution < 1.29 is 14.0 Å². The molecule has 0 spiro atoms. The smallest absolute Gasteiger partial charge is 0.265 e. The summed E-state index contributed by atoms with van der Waals surface area (Å²) in [4.78, 5) is 25.6. The SMILES string of the molecule is O=C(CSc1cccc(NC(=O)c2cccs2)c1)Nc1ccc(F)cc1.